The van der Waals surface area contributed by atoms with E-state index in [1.165, 1.54) is 25.9 Å². The first-order valence-corrected chi connectivity index (χ1v) is 8.77. The standard InChI is InChI=1S/C18H31N5.HI/c1-15-8-12-23(13-9-15)16(2)14-22-18(19-3)21-11-7-17-6-4-5-10-20-17;/h4-6,10,15-16H,7-9,11-14H2,1-3H3,(H2,19,21,22);1H. The van der Waals surface area contributed by atoms with Crippen LogP contribution < -0.4 is 10.6 Å². The molecule has 1 unspecified atom stereocenters. The van der Waals surface area contributed by atoms with Crippen LogP contribution in [0.15, 0.2) is 29.4 Å². The highest BCUT2D eigenvalue weighted by atomic mass is 127. The summed E-state index contributed by atoms with van der Waals surface area (Å²) in [5.74, 6) is 1.76. The number of aromatic nitrogens is 1. The maximum atomic E-state index is 4.34. The van der Waals surface area contributed by atoms with Crippen molar-refractivity contribution in [3.8, 4) is 0 Å². The van der Waals surface area contributed by atoms with Gasteiger partial charge in [0.1, 0.15) is 0 Å². The Morgan fingerprint density at radius 1 is 1.33 bits per heavy atom. The molecule has 1 aliphatic heterocycles. The third kappa shape index (κ3) is 7.34. The van der Waals surface area contributed by atoms with Gasteiger partial charge < -0.3 is 10.6 Å². The van der Waals surface area contributed by atoms with Crippen LogP contribution in [0.3, 0.4) is 0 Å². The number of nitrogens with zero attached hydrogens (tertiary/aromatic N) is 3. The smallest absolute Gasteiger partial charge is 0.191 e. The van der Waals surface area contributed by atoms with Gasteiger partial charge in [0, 0.05) is 44.5 Å². The van der Waals surface area contributed by atoms with Gasteiger partial charge in [-0.15, -0.1) is 24.0 Å². The number of hydrogen-bond donors (Lipinski definition) is 2. The molecule has 2 N–H and O–H groups in total. The van der Waals surface area contributed by atoms with Crippen molar-refractivity contribution >= 4 is 29.9 Å². The van der Waals surface area contributed by atoms with E-state index in [4.69, 9.17) is 0 Å². The Morgan fingerprint density at radius 2 is 2.08 bits per heavy atom. The van der Waals surface area contributed by atoms with E-state index in [0.29, 0.717) is 6.04 Å². The quantitative estimate of drug-likeness (QED) is 0.402. The summed E-state index contributed by atoms with van der Waals surface area (Å²) in [7, 11) is 1.82. The van der Waals surface area contributed by atoms with E-state index in [0.717, 1.165) is 37.1 Å². The van der Waals surface area contributed by atoms with Gasteiger partial charge in [0.25, 0.3) is 0 Å². The van der Waals surface area contributed by atoms with Crippen LogP contribution in [-0.4, -0.2) is 55.1 Å². The SMILES string of the molecule is CN=C(NCCc1ccccn1)NCC(C)N1CCC(C)CC1.I. The average molecular weight is 445 g/mol. The van der Waals surface area contributed by atoms with Gasteiger partial charge in [0.15, 0.2) is 5.96 Å². The number of rotatable bonds is 6. The van der Waals surface area contributed by atoms with Gasteiger partial charge in [0.05, 0.1) is 0 Å². The van der Waals surface area contributed by atoms with Crippen LogP contribution in [0.5, 0.6) is 0 Å². The van der Waals surface area contributed by atoms with Crippen LogP contribution in [0.1, 0.15) is 32.4 Å². The molecule has 24 heavy (non-hydrogen) atoms. The van der Waals surface area contributed by atoms with Crippen molar-refractivity contribution in [3.63, 3.8) is 0 Å². The second-order valence-corrected chi connectivity index (χ2v) is 6.52. The molecule has 6 heteroatoms. The molecule has 5 nitrogen and oxygen atoms in total. The van der Waals surface area contributed by atoms with Gasteiger partial charge >= 0.3 is 0 Å². The molecule has 0 amide bonds. The summed E-state index contributed by atoms with van der Waals surface area (Å²) in [4.78, 5) is 11.2. The zero-order chi connectivity index (χ0) is 16.5. The average Bonchev–Trinajstić information content (AvgIpc) is 2.59. The molecule has 0 spiro atoms. The molecule has 1 aromatic heterocycles. The molecule has 0 saturated carbocycles. The van der Waals surface area contributed by atoms with E-state index in [1.807, 2.05) is 25.4 Å². The lowest BCUT2D eigenvalue weighted by Gasteiger charge is -2.35. The van der Waals surface area contributed by atoms with Gasteiger partial charge in [-0.3, -0.25) is 14.9 Å². The summed E-state index contributed by atoms with van der Waals surface area (Å²) in [6, 6.07) is 6.56. The van der Waals surface area contributed by atoms with Crippen molar-refractivity contribution in [2.24, 2.45) is 10.9 Å². The topological polar surface area (TPSA) is 52.6 Å². The zero-order valence-corrected chi connectivity index (χ0v) is 17.5. The molecule has 1 aliphatic rings. The van der Waals surface area contributed by atoms with Crippen LogP contribution in [-0.2, 0) is 6.42 Å². The second kappa shape index (κ2) is 11.6. The minimum Gasteiger partial charge on any atom is -0.356 e. The predicted octanol–water partition coefficient (Wildman–Crippen LogP) is 2.53. The first-order chi connectivity index (χ1) is 11.2. The molecule has 1 aromatic rings. The molecule has 0 bridgehead atoms. The highest BCUT2D eigenvalue weighted by Crippen LogP contribution is 2.17. The lowest BCUT2D eigenvalue weighted by Crippen LogP contribution is -2.48. The maximum absolute atomic E-state index is 4.34. The van der Waals surface area contributed by atoms with Crippen molar-refractivity contribution in [3.05, 3.63) is 30.1 Å². The Kier molecular flexibility index (Phi) is 10.2. The van der Waals surface area contributed by atoms with Crippen molar-refractivity contribution in [1.82, 2.24) is 20.5 Å². The Bertz CT molecular complexity index is 472. The Morgan fingerprint density at radius 3 is 2.71 bits per heavy atom. The third-order valence-corrected chi connectivity index (χ3v) is 4.63. The monoisotopic (exact) mass is 445 g/mol. The highest BCUT2D eigenvalue weighted by Gasteiger charge is 2.20. The molecule has 1 saturated heterocycles. The summed E-state index contributed by atoms with van der Waals surface area (Å²) in [6.07, 6.45) is 5.38. The van der Waals surface area contributed by atoms with Gasteiger partial charge in [-0.1, -0.05) is 13.0 Å². The van der Waals surface area contributed by atoms with Gasteiger partial charge in [0.2, 0.25) is 0 Å². The second-order valence-electron chi connectivity index (χ2n) is 6.52. The molecule has 1 fully saturated rings. The molecule has 0 aromatic carbocycles. The Labute approximate surface area is 163 Å². The van der Waals surface area contributed by atoms with Crippen molar-refractivity contribution in [1.29, 1.82) is 0 Å². The highest BCUT2D eigenvalue weighted by molar-refractivity contribution is 14.0. The van der Waals surface area contributed by atoms with E-state index in [-0.39, 0.29) is 24.0 Å². The number of likely N-dealkylation sites (tertiary alicyclic amines) is 1. The molecule has 2 rings (SSSR count). The summed E-state index contributed by atoms with van der Waals surface area (Å²) < 4.78 is 0. The Balaban J connectivity index is 0.00000288. The fourth-order valence-electron chi connectivity index (χ4n) is 2.92. The van der Waals surface area contributed by atoms with Gasteiger partial charge in [-0.2, -0.15) is 0 Å². The van der Waals surface area contributed by atoms with E-state index < -0.39 is 0 Å². The Hall–Kier alpha value is -0.890. The normalized spacial score (nSPS) is 17.9. The van der Waals surface area contributed by atoms with Gasteiger partial charge in [-0.25, -0.2) is 0 Å². The molecule has 1 atom stereocenters. The first-order valence-electron chi connectivity index (χ1n) is 8.77. The number of guanidine groups is 1. The molecular weight excluding hydrogens is 413 g/mol. The number of aliphatic imine (C=N–C) groups is 1. The van der Waals surface area contributed by atoms with Crippen molar-refractivity contribution in [2.75, 3.05) is 33.2 Å². The number of halogens is 1. The van der Waals surface area contributed by atoms with Crippen molar-refractivity contribution in [2.45, 2.75) is 39.2 Å². The number of hydrogen-bond acceptors (Lipinski definition) is 3. The lowest BCUT2D eigenvalue weighted by atomic mass is 9.98. The number of pyridine rings is 1. The fourth-order valence-corrected chi connectivity index (χ4v) is 2.92. The summed E-state index contributed by atoms with van der Waals surface area (Å²) in [5, 5.41) is 6.80. The minimum atomic E-state index is 0. The van der Waals surface area contributed by atoms with E-state index in [9.17, 15) is 0 Å². The lowest BCUT2D eigenvalue weighted by molar-refractivity contribution is 0.147. The van der Waals surface area contributed by atoms with Crippen LogP contribution in [0, 0.1) is 5.92 Å². The molecule has 2 heterocycles. The molecule has 0 radical (unpaired) electrons. The van der Waals surface area contributed by atoms with E-state index in [2.05, 4.69) is 45.4 Å². The molecule has 0 aliphatic carbocycles. The molecular formula is C18H32IN5. The van der Waals surface area contributed by atoms with Crippen LogP contribution in [0.4, 0.5) is 0 Å². The first kappa shape index (κ1) is 21.2. The zero-order valence-electron chi connectivity index (χ0n) is 15.2. The fraction of sp³-hybridized carbons (Fsp3) is 0.667. The van der Waals surface area contributed by atoms with Crippen LogP contribution in [0.25, 0.3) is 0 Å². The van der Waals surface area contributed by atoms with E-state index in [1.54, 1.807) is 0 Å². The molecule has 136 valence electrons. The number of nitrogens with one attached hydrogen (secondary N) is 2. The van der Waals surface area contributed by atoms with Crippen molar-refractivity contribution < 1.29 is 0 Å². The minimum absolute atomic E-state index is 0. The number of piperidine rings is 1. The van der Waals surface area contributed by atoms with Crippen LogP contribution >= 0.6 is 24.0 Å². The third-order valence-electron chi connectivity index (χ3n) is 4.63. The largest absolute Gasteiger partial charge is 0.356 e. The summed E-state index contributed by atoms with van der Waals surface area (Å²) in [5.41, 5.74) is 1.10. The predicted molar refractivity (Wildman–Crippen MR) is 112 cm³/mol. The van der Waals surface area contributed by atoms with Crippen LogP contribution in [0.2, 0.25) is 0 Å². The van der Waals surface area contributed by atoms with E-state index >= 15 is 0 Å². The van der Waals surface area contributed by atoms with Gasteiger partial charge in [-0.05, 0) is 50.9 Å². The summed E-state index contributed by atoms with van der Waals surface area (Å²) >= 11 is 0. The maximum Gasteiger partial charge on any atom is 0.191 e. The summed E-state index contributed by atoms with van der Waals surface area (Å²) in [6.45, 7) is 8.85.